The average molecular weight is 312 g/mol. The van der Waals surface area contributed by atoms with E-state index >= 15 is 0 Å². The molecule has 1 nitrogen and oxygen atoms in total. The molecule has 0 saturated heterocycles. The van der Waals surface area contributed by atoms with Crippen molar-refractivity contribution in [1.29, 1.82) is 0 Å². The van der Waals surface area contributed by atoms with Gasteiger partial charge in [-0.15, -0.1) is 0 Å². The third-order valence-corrected chi connectivity index (χ3v) is 4.26. The highest BCUT2D eigenvalue weighted by molar-refractivity contribution is 9.10. The van der Waals surface area contributed by atoms with Crippen molar-refractivity contribution in [2.24, 2.45) is 5.92 Å². The van der Waals surface area contributed by atoms with E-state index in [1.807, 2.05) is 0 Å². The number of nitrogens with one attached hydrogen (secondary N) is 1. The quantitative estimate of drug-likeness (QED) is 0.685. The molecular weight excluding hydrogens is 286 g/mol. The van der Waals surface area contributed by atoms with Gasteiger partial charge in [0.15, 0.2) is 0 Å². The second-order valence-electron chi connectivity index (χ2n) is 5.05. The molecule has 0 fully saturated rings. The Labute approximate surface area is 120 Å². The van der Waals surface area contributed by atoms with Gasteiger partial charge < -0.3 is 5.32 Å². The molecule has 0 saturated carbocycles. The Morgan fingerprint density at radius 3 is 2.33 bits per heavy atom. The van der Waals surface area contributed by atoms with Gasteiger partial charge >= 0.3 is 0 Å². The molecule has 0 aliphatic rings. The monoisotopic (exact) mass is 311 g/mol. The zero-order valence-electron chi connectivity index (χ0n) is 11.9. The summed E-state index contributed by atoms with van der Waals surface area (Å²) in [6.07, 6.45) is 6.55. The maximum atomic E-state index is 3.49. The molecule has 0 aliphatic heterocycles. The van der Waals surface area contributed by atoms with Crippen LogP contribution in [0.5, 0.6) is 0 Å². The third-order valence-electron chi connectivity index (χ3n) is 3.73. The fraction of sp³-hybridized carbons (Fsp3) is 0.625. The summed E-state index contributed by atoms with van der Waals surface area (Å²) in [7, 11) is 2.07. The van der Waals surface area contributed by atoms with Gasteiger partial charge in [0.1, 0.15) is 0 Å². The molecular formula is C16H26BrN. The third kappa shape index (κ3) is 5.11. The number of halogens is 1. The van der Waals surface area contributed by atoms with E-state index in [1.165, 1.54) is 37.7 Å². The van der Waals surface area contributed by atoms with Crippen LogP contribution in [-0.2, 0) is 0 Å². The van der Waals surface area contributed by atoms with Crippen molar-refractivity contribution in [3.63, 3.8) is 0 Å². The maximum absolute atomic E-state index is 3.49. The zero-order chi connectivity index (χ0) is 13.4. The van der Waals surface area contributed by atoms with Crippen LogP contribution in [0.1, 0.15) is 57.6 Å². The Hall–Kier alpha value is -0.340. The van der Waals surface area contributed by atoms with E-state index in [0.717, 1.165) is 10.4 Å². The zero-order valence-corrected chi connectivity index (χ0v) is 13.5. The lowest BCUT2D eigenvalue weighted by atomic mass is 9.89. The molecule has 18 heavy (non-hydrogen) atoms. The number of unbranched alkanes of at least 4 members (excludes halogenated alkanes) is 1. The van der Waals surface area contributed by atoms with Crippen LogP contribution in [0.3, 0.4) is 0 Å². The predicted octanol–water partition coefficient (Wildman–Crippen LogP) is 5.32. The molecule has 1 aromatic rings. The Morgan fingerprint density at radius 1 is 1.17 bits per heavy atom. The van der Waals surface area contributed by atoms with Gasteiger partial charge in [0.05, 0.1) is 0 Å². The van der Waals surface area contributed by atoms with Crippen molar-refractivity contribution in [1.82, 2.24) is 5.32 Å². The van der Waals surface area contributed by atoms with Crippen LogP contribution in [-0.4, -0.2) is 7.05 Å². The van der Waals surface area contributed by atoms with Crippen LogP contribution >= 0.6 is 15.9 Å². The van der Waals surface area contributed by atoms with E-state index in [1.54, 1.807) is 0 Å². The Morgan fingerprint density at radius 2 is 1.83 bits per heavy atom. The number of benzene rings is 1. The van der Waals surface area contributed by atoms with Crippen LogP contribution in [0.15, 0.2) is 28.7 Å². The van der Waals surface area contributed by atoms with E-state index in [-0.39, 0.29) is 0 Å². The largest absolute Gasteiger partial charge is 0.313 e. The first-order chi connectivity index (χ1) is 8.71. The first-order valence-electron chi connectivity index (χ1n) is 7.13. The van der Waals surface area contributed by atoms with Gasteiger partial charge in [-0.3, -0.25) is 0 Å². The van der Waals surface area contributed by atoms with E-state index in [9.17, 15) is 0 Å². The molecule has 0 spiro atoms. The number of hydrogen-bond acceptors (Lipinski definition) is 1. The minimum atomic E-state index is 0.486. The summed E-state index contributed by atoms with van der Waals surface area (Å²) in [6.45, 7) is 4.59. The second-order valence-corrected chi connectivity index (χ2v) is 5.96. The maximum Gasteiger partial charge on any atom is 0.0320 e. The Balaban J connectivity index is 2.62. The summed E-state index contributed by atoms with van der Waals surface area (Å²) in [4.78, 5) is 0. The minimum absolute atomic E-state index is 0.486. The van der Waals surface area contributed by atoms with Crippen molar-refractivity contribution in [2.45, 2.75) is 52.0 Å². The fourth-order valence-electron chi connectivity index (χ4n) is 2.43. The molecule has 1 rings (SSSR count). The highest BCUT2D eigenvalue weighted by atomic mass is 79.9. The van der Waals surface area contributed by atoms with E-state index in [4.69, 9.17) is 0 Å². The normalized spacial score (nSPS) is 14.4. The number of hydrogen-bond donors (Lipinski definition) is 1. The summed E-state index contributed by atoms with van der Waals surface area (Å²) in [5.74, 6) is 0.839. The van der Waals surface area contributed by atoms with Gasteiger partial charge in [0, 0.05) is 10.5 Å². The van der Waals surface area contributed by atoms with Crippen LogP contribution in [0.2, 0.25) is 0 Å². The lowest BCUT2D eigenvalue weighted by Gasteiger charge is -2.23. The van der Waals surface area contributed by atoms with E-state index in [2.05, 4.69) is 66.4 Å². The number of rotatable bonds is 8. The van der Waals surface area contributed by atoms with Crippen molar-refractivity contribution in [3.8, 4) is 0 Å². The molecule has 0 aromatic heterocycles. The Bertz CT molecular complexity index is 320. The summed E-state index contributed by atoms with van der Waals surface area (Å²) < 4.78 is 1.15. The van der Waals surface area contributed by atoms with Crippen LogP contribution in [0.4, 0.5) is 0 Å². The Kier molecular flexibility index (Phi) is 7.60. The van der Waals surface area contributed by atoms with Crippen molar-refractivity contribution >= 4 is 15.9 Å². The molecule has 2 atom stereocenters. The molecule has 0 aliphatic carbocycles. The summed E-state index contributed by atoms with van der Waals surface area (Å²) >= 11 is 3.49. The minimum Gasteiger partial charge on any atom is -0.313 e. The molecule has 0 radical (unpaired) electrons. The molecule has 1 N–H and O–H groups in total. The summed E-state index contributed by atoms with van der Waals surface area (Å²) in [5, 5.41) is 3.46. The van der Waals surface area contributed by atoms with E-state index in [0.29, 0.717) is 6.04 Å². The summed E-state index contributed by atoms with van der Waals surface area (Å²) in [5.41, 5.74) is 1.40. The smallest absolute Gasteiger partial charge is 0.0320 e. The average Bonchev–Trinajstić information content (AvgIpc) is 2.40. The van der Waals surface area contributed by atoms with Crippen LogP contribution in [0.25, 0.3) is 0 Å². The molecule has 2 unspecified atom stereocenters. The SMILES string of the molecule is CCCCC(CC)CC(NC)c1ccc(Br)cc1. The molecule has 102 valence electrons. The molecule has 2 heteroatoms. The first-order valence-corrected chi connectivity index (χ1v) is 7.93. The summed E-state index contributed by atoms with van der Waals surface area (Å²) in [6, 6.07) is 9.19. The van der Waals surface area contributed by atoms with Crippen LogP contribution < -0.4 is 5.32 Å². The molecule has 1 aromatic carbocycles. The van der Waals surface area contributed by atoms with Crippen molar-refractivity contribution in [2.75, 3.05) is 7.05 Å². The molecule has 0 amide bonds. The topological polar surface area (TPSA) is 12.0 Å². The van der Waals surface area contributed by atoms with Crippen molar-refractivity contribution < 1.29 is 0 Å². The van der Waals surface area contributed by atoms with Gasteiger partial charge in [-0.2, -0.15) is 0 Å². The predicted molar refractivity (Wildman–Crippen MR) is 83.9 cm³/mol. The van der Waals surface area contributed by atoms with Crippen LogP contribution in [0, 0.1) is 5.92 Å². The second kappa shape index (κ2) is 8.71. The molecule has 0 heterocycles. The lowest BCUT2D eigenvalue weighted by molar-refractivity contribution is 0.365. The van der Waals surface area contributed by atoms with Gasteiger partial charge in [-0.1, -0.05) is 67.6 Å². The van der Waals surface area contributed by atoms with Gasteiger partial charge in [0.2, 0.25) is 0 Å². The van der Waals surface area contributed by atoms with Gasteiger partial charge in [-0.25, -0.2) is 0 Å². The van der Waals surface area contributed by atoms with Crippen molar-refractivity contribution in [3.05, 3.63) is 34.3 Å². The fourth-order valence-corrected chi connectivity index (χ4v) is 2.69. The highest BCUT2D eigenvalue weighted by Crippen LogP contribution is 2.27. The lowest BCUT2D eigenvalue weighted by Crippen LogP contribution is -2.19. The van der Waals surface area contributed by atoms with E-state index < -0.39 is 0 Å². The molecule has 0 bridgehead atoms. The standard InChI is InChI=1S/C16H26BrN/c1-4-6-7-13(5-2)12-16(18-3)14-8-10-15(17)11-9-14/h8-11,13,16,18H,4-7,12H2,1-3H3. The first kappa shape index (κ1) is 15.7. The van der Waals surface area contributed by atoms with Gasteiger partial charge in [-0.05, 0) is 37.1 Å². The highest BCUT2D eigenvalue weighted by Gasteiger charge is 2.15. The van der Waals surface area contributed by atoms with Gasteiger partial charge in [0.25, 0.3) is 0 Å².